The van der Waals surface area contributed by atoms with Crippen LogP contribution in [-0.2, 0) is 11.3 Å². The van der Waals surface area contributed by atoms with Gasteiger partial charge in [0, 0.05) is 18.7 Å². The van der Waals surface area contributed by atoms with Crippen LogP contribution in [0.3, 0.4) is 0 Å². The second-order valence-corrected chi connectivity index (χ2v) is 10.9. The van der Waals surface area contributed by atoms with Crippen LogP contribution in [0.4, 0.5) is 5.13 Å². The maximum absolute atomic E-state index is 13.3. The van der Waals surface area contributed by atoms with Gasteiger partial charge in [0.05, 0.1) is 0 Å². The predicted molar refractivity (Wildman–Crippen MR) is 149 cm³/mol. The van der Waals surface area contributed by atoms with E-state index in [9.17, 15) is 14.7 Å². The second-order valence-electron chi connectivity index (χ2n) is 8.72. The summed E-state index contributed by atoms with van der Waals surface area (Å²) < 4.78 is 0. The summed E-state index contributed by atoms with van der Waals surface area (Å²) in [6.45, 7) is 7.63. The largest absolute Gasteiger partial charge is 0.480 e. The molecule has 0 radical (unpaired) electrons. The van der Waals surface area contributed by atoms with Gasteiger partial charge in [0.25, 0.3) is 5.91 Å². The Morgan fingerprint density at radius 2 is 1.92 bits per heavy atom. The Hall–Kier alpha value is -2.91. The SMILES string of the molecule is CCCCN(Cc1ccc(C(=O)NC(CCSC)C(=O)O)c(-c2ccccc2C)c1)c1nnc(C)s1. The summed E-state index contributed by atoms with van der Waals surface area (Å²) >= 11 is 3.13. The van der Waals surface area contributed by atoms with Crippen molar-refractivity contribution in [2.45, 2.75) is 52.6 Å². The standard InChI is InChI=1S/C27H34N4O3S2/c1-5-6-14-31(27-30-29-19(3)36-27)17-20-11-12-22(23(16-20)21-10-8-7-9-18(21)2)25(32)28-24(26(33)34)13-15-35-4/h7-12,16,24H,5-6,13-15,17H2,1-4H3,(H,28,32)(H,33,34). The molecule has 1 aromatic heterocycles. The fourth-order valence-corrected chi connectivity index (χ4v) is 5.12. The van der Waals surface area contributed by atoms with Gasteiger partial charge in [-0.25, -0.2) is 4.79 Å². The lowest BCUT2D eigenvalue weighted by atomic mass is 9.93. The molecular formula is C27H34N4O3S2. The van der Waals surface area contributed by atoms with Gasteiger partial charge in [0.1, 0.15) is 11.0 Å². The van der Waals surface area contributed by atoms with Crippen LogP contribution in [-0.4, -0.2) is 51.8 Å². The number of hydrogen-bond acceptors (Lipinski definition) is 7. The number of nitrogens with zero attached hydrogens (tertiary/aromatic N) is 3. The average Bonchev–Trinajstić information content (AvgIpc) is 3.30. The molecule has 0 aliphatic carbocycles. The molecule has 0 saturated carbocycles. The lowest BCUT2D eigenvalue weighted by molar-refractivity contribution is -0.139. The number of amides is 1. The molecule has 1 unspecified atom stereocenters. The third-order valence-electron chi connectivity index (χ3n) is 5.92. The molecule has 0 bridgehead atoms. The number of carbonyl (C=O) groups excluding carboxylic acids is 1. The van der Waals surface area contributed by atoms with E-state index in [1.54, 1.807) is 23.1 Å². The summed E-state index contributed by atoms with van der Waals surface area (Å²) in [5, 5.41) is 22.7. The fourth-order valence-electron chi connectivity index (χ4n) is 3.94. The Morgan fingerprint density at radius 1 is 1.14 bits per heavy atom. The molecular weight excluding hydrogens is 492 g/mol. The molecule has 0 spiro atoms. The molecule has 3 aromatic rings. The van der Waals surface area contributed by atoms with Gasteiger partial charge >= 0.3 is 5.97 Å². The van der Waals surface area contributed by atoms with Crippen LogP contribution < -0.4 is 10.2 Å². The van der Waals surface area contributed by atoms with Crippen LogP contribution in [0, 0.1) is 13.8 Å². The minimum atomic E-state index is -1.02. The molecule has 0 aliphatic rings. The highest BCUT2D eigenvalue weighted by Crippen LogP contribution is 2.30. The molecule has 36 heavy (non-hydrogen) atoms. The minimum Gasteiger partial charge on any atom is -0.480 e. The number of unbranched alkanes of at least 4 members (excludes halogenated alkanes) is 1. The van der Waals surface area contributed by atoms with Crippen molar-refractivity contribution in [3.05, 3.63) is 64.2 Å². The summed E-state index contributed by atoms with van der Waals surface area (Å²) in [5.74, 6) is -0.749. The highest BCUT2D eigenvalue weighted by molar-refractivity contribution is 7.98. The predicted octanol–water partition coefficient (Wildman–Crippen LogP) is 5.56. The number of nitrogens with one attached hydrogen (secondary N) is 1. The molecule has 1 amide bonds. The van der Waals surface area contributed by atoms with E-state index in [-0.39, 0.29) is 5.91 Å². The first-order valence-electron chi connectivity index (χ1n) is 12.1. The molecule has 192 valence electrons. The van der Waals surface area contributed by atoms with E-state index in [0.717, 1.165) is 51.8 Å². The molecule has 1 heterocycles. The Labute approximate surface area is 221 Å². The first kappa shape index (κ1) is 27.7. The Balaban J connectivity index is 1.97. The summed E-state index contributed by atoms with van der Waals surface area (Å²) in [6.07, 6.45) is 4.40. The van der Waals surface area contributed by atoms with Gasteiger partial charge in [-0.2, -0.15) is 11.8 Å². The van der Waals surface area contributed by atoms with E-state index in [1.807, 2.05) is 62.6 Å². The maximum Gasteiger partial charge on any atom is 0.326 e. The zero-order valence-electron chi connectivity index (χ0n) is 21.3. The van der Waals surface area contributed by atoms with Crippen LogP contribution in [0.25, 0.3) is 11.1 Å². The van der Waals surface area contributed by atoms with Crippen LogP contribution in [0.1, 0.15) is 52.7 Å². The number of carboxylic acid groups (broad SMARTS) is 1. The van der Waals surface area contributed by atoms with E-state index in [0.29, 0.717) is 24.3 Å². The number of rotatable bonds is 13. The fraction of sp³-hybridized carbons (Fsp3) is 0.407. The zero-order chi connectivity index (χ0) is 26.1. The number of aliphatic carboxylic acids is 1. The van der Waals surface area contributed by atoms with Gasteiger partial charge in [-0.05, 0) is 73.1 Å². The van der Waals surface area contributed by atoms with Crippen molar-refractivity contribution in [3.8, 4) is 11.1 Å². The lowest BCUT2D eigenvalue weighted by Crippen LogP contribution is -2.41. The normalized spacial score (nSPS) is 11.8. The number of aromatic nitrogens is 2. The molecule has 7 nitrogen and oxygen atoms in total. The molecule has 2 N–H and O–H groups in total. The van der Waals surface area contributed by atoms with Crippen LogP contribution in [0.15, 0.2) is 42.5 Å². The number of anilines is 1. The molecule has 0 saturated heterocycles. The van der Waals surface area contributed by atoms with Crippen molar-refractivity contribution < 1.29 is 14.7 Å². The Kier molecular flexibility index (Phi) is 10.3. The third kappa shape index (κ3) is 7.30. The Morgan fingerprint density at radius 3 is 2.56 bits per heavy atom. The summed E-state index contributed by atoms with van der Waals surface area (Å²) in [7, 11) is 0. The zero-order valence-corrected chi connectivity index (χ0v) is 22.9. The van der Waals surface area contributed by atoms with E-state index < -0.39 is 12.0 Å². The molecule has 0 aliphatic heterocycles. The van der Waals surface area contributed by atoms with Crippen LogP contribution in [0.5, 0.6) is 0 Å². The summed E-state index contributed by atoms with van der Waals surface area (Å²) in [6, 6.07) is 12.8. The summed E-state index contributed by atoms with van der Waals surface area (Å²) in [5.41, 5.74) is 4.30. The van der Waals surface area contributed by atoms with Gasteiger partial charge in [-0.15, -0.1) is 10.2 Å². The van der Waals surface area contributed by atoms with Gasteiger partial charge in [0.2, 0.25) is 5.13 Å². The summed E-state index contributed by atoms with van der Waals surface area (Å²) in [4.78, 5) is 27.3. The van der Waals surface area contributed by atoms with Crippen LogP contribution >= 0.6 is 23.1 Å². The number of carboxylic acids is 1. The van der Waals surface area contributed by atoms with Gasteiger partial charge in [-0.3, -0.25) is 4.79 Å². The van der Waals surface area contributed by atoms with Crippen molar-refractivity contribution in [1.29, 1.82) is 0 Å². The number of thioether (sulfide) groups is 1. The second kappa shape index (κ2) is 13.4. The monoisotopic (exact) mass is 526 g/mol. The number of hydrogen-bond donors (Lipinski definition) is 2. The lowest BCUT2D eigenvalue weighted by Gasteiger charge is -2.22. The highest BCUT2D eigenvalue weighted by Gasteiger charge is 2.23. The molecule has 9 heteroatoms. The van der Waals surface area contributed by atoms with E-state index in [4.69, 9.17) is 0 Å². The minimum absolute atomic E-state index is 0.369. The van der Waals surface area contributed by atoms with E-state index in [2.05, 4.69) is 27.3 Å². The number of benzene rings is 2. The number of carbonyl (C=O) groups is 2. The van der Waals surface area contributed by atoms with Gasteiger partial charge < -0.3 is 15.3 Å². The number of aryl methyl sites for hydroxylation is 2. The molecule has 1 atom stereocenters. The van der Waals surface area contributed by atoms with Gasteiger partial charge in [0.15, 0.2) is 0 Å². The maximum atomic E-state index is 13.3. The van der Waals surface area contributed by atoms with Crippen molar-refractivity contribution >= 4 is 40.1 Å². The first-order chi connectivity index (χ1) is 17.3. The smallest absolute Gasteiger partial charge is 0.326 e. The van der Waals surface area contributed by atoms with Crippen molar-refractivity contribution in [1.82, 2.24) is 15.5 Å². The first-order valence-corrected chi connectivity index (χ1v) is 14.3. The van der Waals surface area contributed by atoms with E-state index in [1.165, 1.54) is 0 Å². The van der Waals surface area contributed by atoms with Crippen molar-refractivity contribution in [2.75, 3.05) is 23.5 Å². The topological polar surface area (TPSA) is 95.4 Å². The molecule has 2 aromatic carbocycles. The van der Waals surface area contributed by atoms with E-state index >= 15 is 0 Å². The molecule has 0 fully saturated rings. The van der Waals surface area contributed by atoms with Gasteiger partial charge in [-0.1, -0.05) is 55.0 Å². The molecule has 3 rings (SSSR count). The quantitative estimate of drug-likeness (QED) is 0.301. The Bertz CT molecular complexity index is 1180. The average molecular weight is 527 g/mol. The van der Waals surface area contributed by atoms with Crippen molar-refractivity contribution in [3.63, 3.8) is 0 Å². The highest BCUT2D eigenvalue weighted by atomic mass is 32.2. The van der Waals surface area contributed by atoms with Crippen LogP contribution in [0.2, 0.25) is 0 Å². The third-order valence-corrected chi connectivity index (χ3v) is 7.46. The van der Waals surface area contributed by atoms with Crippen molar-refractivity contribution in [2.24, 2.45) is 0 Å².